The highest BCUT2D eigenvalue weighted by atomic mass is 32.2. The molecule has 2 N–H and O–H groups in total. The summed E-state index contributed by atoms with van der Waals surface area (Å²) in [4.78, 5) is 29.9. The zero-order valence-corrected chi connectivity index (χ0v) is 16.7. The van der Waals surface area contributed by atoms with Crippen LogP contribution >= 0.6 is 11.8 Å². The van der Waals surface area contributed by atoms with Gasteiger partial charge < -0.3 is 15.1 Å². The molecule has 0 saturated carbocycles. The lowest BCUT2D eigenvalue weighted by molar-refractivity contribution is -0.917. The molecule has 146 valence electrons. The minimum absolute atomic E-state index is 0.0425. The molecule has 0 radical (unpaired) electrons. The number of carbonyl (C=O) groups excluding carboxylic acids is 2. The maximum atomic E-state index is 12.8. The van der Waals surface area contributed by atoms with Crippen LogP contribution in [0.5, 0.6) is 0 Å². The summed E-state index contributed by atoms with van der Waals surface area (Å²) in [7, 11) is 0. The van der Waals surface area contributed by atoms with Crippen LogP contribution in [0.4, 0.5) is 5.69 Å². The van der Waals surface area contributed by atoms with E-state index in [0.717, 1.165) is 43.3 Å². The van der Waals surface area contributed by atoms with Gasteiger partial charge in [-0.05, 0) is 12.1 Å². The molecule has 2 aliphatic heterocycles. The summed E-state index contributed by atoms with van der Waals surface area (Å²) in [5.41, 5.74) is 2.19. The topological polar surface area (TPSA) is 53.9 Å². The molecule has 0 aliphatic carbocycles. The van der Waals surface area contributed by atoms with E-state index in [4.69, 9.17) is 0 Å². The van der Waals surface area contributed by atoms with Gasteiger partial charge in [0.25, 0.3) is 0 Å². The lowest BCUT2D eigenvalue weighted by Crippen LogP contribution is -3.13. The number of anilines is 1. The van der Waals surface area contributed by atoms with Gasteiger partial charge in [-0.3, -0.25) is 9.59 Å². The standard InChI is InChI=1S/C22H25N3O2S/c26-21(14-18-16-28-20-9-5-4-8-19(20)23-22(18)27)25-12-10-24(11-13-25)15-17-6-2-1-3-7-17/h1-9,18H,10-16H2,(H,23,27)/p+1/t18-/m1/s1. The van der Waals surface area contributed by atoms with Gasteiger partial charge >= 0.3 is 0 Å². The molecule has 0 unspecified atom stereocenters. The Hall–Kier alpha value is -2.31. The molecule has 4 rings (SSSR count). The van der Waals surface area contributed by atoms with E-state index in [0.29, 0.717) is 12.2 Å². The zero-order valence-electron chi connectivity index (χ0n) is 15.9. The van der Waals surface area contributed by atoms with Crippen molar-refractivity contribution in [1.29, 1.82) is 0 Å². The Morgan fingerprint density at radius 3 is 2.57 bits per heavy atom. The van der Waals surface area contributed by atoms with Crippen LogP contribution in [0.2, 0.25) is 0 Å². The first kappa shape index (κ1) is 19.0. The molecule has 5 nitrogen and oxygen atoms in total. The molecule has 0 spiro atoms. The van der Waals surface area contributed by atoms with E-state index in [1.807, 2.05) is 35.2 Å². The molecular formula is C22H26N3O2S+. The Balaban J connectivity index is 1.28. The maximum absolute atomic E-state index is 12.8. The van der Waals surface area contributed by atoms with Gasteiger partial charge in [-0.2, -0.15) is 0 Å². The number of hydrogen-bond donors (Lipinski definition) is 2. The summed E-state index contributed by atoms with van der Waals surface area (Å²) in [6.07, 6.45) is 0.293. The largest absolute Gasteiger partial charge is 0.331 e. The number of hydrogen-bond acceptors (Lipinski definition) is 3. The van der Waals surface area contributed by atoms with E-state index in [9.17, 15) is 9.59 Å². The molecule has 28 heavy (non-hydrogen) atoms. The van der Waals surface area contributed by atoms with Crippen molar-refractivity contribution in [3.63, 3.8) is 0 Å². The second-order valence-electron chi connectivity index (χ2n) is 7.49. The number of fused-ring (bicyclic) bond motifs is 1. The SMILES string of the molecule is O=C1Nc2ccccc2SC[C@H]1CC(=O)N1CC[NH+](Cc2ccccc2)CC1. The molecule has 1 saturated heterocycles. The van der Waals surface area contributed by atoms with E-state index in [1.54, 1.807) is 11.8 Å². The molecular weight excluding hydrogens is 370 g/mol. The minimum atomic E-state index is -0.278. The Bertz CT molecular complexity index is 835. The Morgan fingerprint density at radius 1 is 1.07 bits per heavy atom. The number of carbonyl (C=O) groups is 2. The molecule has 1 atom stereocenters. The molecule has 6 heteroatoms. The van der Waals surface area contributed by atoms with E-state index in [2.05, 4.69) is 29.6 Å². The summed E-state index contributed by atoms with van der Waals surface area (Å²) in [6, 6.07) is 18.3. The molecule has 2 aromatic rings. The lowest BCUT2D eigenvalue weighted by atomic mass is 10.1. The van der Waals surface area contributed by atoms with Gasteiger partial charge in [0.15, 0.2) is 0 Å². The van der Waals surface area contributed by atoms with Gasteiger partial charge in [-0.1, -0.05) is 42.5 Å². The number of para-hydroxylation sites is 1. The van der Waals surface area contributed by atoms with Crippen LogP contribution in [-0.2, 0) is 16.1 Å². The quantitative estimate of drug-likeness (QED) is 0.827. The molecule has 2 aromatic carbocycles. The highest BCUT2D eigenvalue weighted by Gasteiger charge is 2.30. The Morgan fingerprint density at radius 2 is 1.79 bits per heavy atom. The van der Waals surface area contributed by atoms with Gasteiger partial charge in [0.05, 0.1) is 37.8 Å². The summed E-state index contributed by atoms with van der Waals surface area (Å²) in [6.45, 7) is 4.45. The van der Waals surface area contributed by atoms with Crippen molar-refractivity contribution in [2.75, 3.05) is 37.2 Å². The smallest absolute Gasteiger partial charge is 0.228 e. The summed E-state index contributed by atoms with van der Waals surface area (Å²) >= 11 is 1.65. The van der Waals surface area contributed by atoms with E-state index >= 15 is 0 Å². The summed E-state index contributed by atoms with van der Waals surface area (Å²) in [5, 5.41) is 2.98. The van der Waals surface area contributed by atoms with Crippen LogP contribution in [-0.4, -0.2) is 48.6 Å². The second-order valence-corrected chi connectivity index (χ2v) is 8.55. The minimum Gasteiger partial charge on any atom is -0.331 e. The molecule has 0 aromatic heterocycles. The fourth-order valence-electron chi connectivity index (χ4n) is 3.82. The van der Waals surface area contributed by atoms with Crippen LogP contribution < -0.4 is 10.2 Å². The molecule has 1 fully saturated rings. The van der Waals surface area contributed by atoms with Crippen LogP contribution in [0.25, 0.3) is 0 Å². The van der Waals surface area contributed by atoms with E-state index in [1.165, 1.54) is 10.5 Å². The van der Waals surface area contributed by atoms with Gasteiger partial charge in [-0.25, -0.2) is 0 Å². The highest BCUT2D eigenvalue weighted by molar-refractivity contribution is 7.99. The predicted molar refractivity (Wildman–Crippen MR) is 111 cm³/mol. The van der Waals surface area contributed by atoms with Crippen molar-refractivity contribution in [1.82, 2.24) is 4.90 Å². The number of amides is 2. The predicted octanol–water partition coefficient (Wildman–Crippen LogP) is 1.66. The van der Waals surface area contributed by atoms with Crippen molar-refractivity contribution in [3.05, 3.63) is 60.2 Å². The van der Waals surface area contributed by atoms with Crippen molar-refractivity contribution in [2.24, 2.45) is 5.92 Å². The normalized spacial score (nSPS) is 20.2. The number of benzene rings is 2. The number of nitrogens with one attached hydrogen (secondary N) is 2. The van der Waals surface area contributed by atoms with Gasteiger partial charge in [0.2, 0.25) is 11.8 Å². The van der Waals surface area contributed by atoms with Gasteiger partial charge in [0, 0.05) is 22.6 Å². The molecule has 2 amide bonds. The van der Waals surface area contributed by atoms with Crippen molar-refractivity contribution in [2.45, 2.75) is 17.9 Å². The number of rotatable bonds is 4. The first-order chi connectivity index (χ1) is 13.7. The first-order valence-corrected chi connectivity index (χ1v) is 10.9. The van der Waals surface area contributed by atoms with Crippen molar-refractivity contribution < 1.29 is 14.5 Å². The lowest BCUT2D eigenvalue weighted by Gasteiger charge is -2.33. The summed E-state index contributed by atoms with van der Waals surface area (Å²) in [5.74, 6) is 0.428. The third kappa shape index (κ3) is 4.56. The van der Waals surface area contributed by atoms with Crippen LogP contribution in [0.1, 0.15) is 12.0 Å². The number of quaternary nitrogens is 1. The third-order valence-corrected chi connectivity index (χ3v) is 6.73. The highest BCUT2D eigenvalue weighted by Crippen LogP contribution is 2.33. The average Bonchev–Trinajstić information content (AvgIpc) is 2.88. The van der Waals surface area contributed by atoms with Crippen LogP contribution in [0.15, 0.2) is 59.5 Å². The average molecular weight is 397 g/mol. The van der Waals surface area contributed by atoms with E-state index in [-0.39, 0.29) is 17.7 Å². The number of piperazine rings is 1. The van der Waals surface area contributed by atoms with Crippen molar-refractivity contribution >= 4 is 29.3 Å². The second kappa shape index (κ2) is 8.80. The first-order valence-electron chi connectivity index (χ1n) is 9.87. The van der Waals surface area contributed by atoms with Crippen molar-refractivity contribution in [3.8, 4) is 0 Å². The fourth-order valence-corrected chi connectivity index (χ4v) is 4.92. The van der Waals surface area contributed by atoms with Gasteiger partial charge in [0.1, 0.15) is 6.54 Å². The Labute approximate surface area is 170 Å². The molecule has 2 aliphatic rings. The monoisotopic (exact) mass is 396 g/mol. The van der Waals surface area contributed by atoms with E-state index < -0.39 is 0 Å². The fraction of sp³-hybridized carbons (Fsp3) is 0.364. The number of thioether (sulfide) groups is 1. The molecule has 2 heterocycles. The summed E-state index contributed by atoms with van der Waals surface area (Å²) < 4.78 is 0. The third-order valence-electron chi connectivity index (χ3n) is 5.50. The Kier molecular flexibility index (Phi) is 5.98. The molecule has 0 bridgehead atoms. The zero-order chi connectivity index (χ0) is 19.3. The number of nitrogens with zero attached hydrogens (tertiary/aromatic N) is 1. The van der Waals surface area contributed by atoms with Gasteiger partial charge in [-0.15, -0.1) is 11.8 Å². The van der Waals surface area contributed by atoms with Crippen LogP contribution in [0, 0.1) is 5.92 Å². The van der Waals surface area contributed by atoms with Crippen LogP contribution in [0.3, 0.4) is 0 Å². The maximum Gasteiger partial charge on any atom is 0.228 e.